The van der Waals surface area contributed by atoms with Crippen molar-refractivity contribution in [3.8, 4) is 11.8 Å². The third kappa shape index (κ3) is 2.56. The molecule has 1 aliphatic carbocycles. The molecule has 4 heteroatoms. The first-order valence-electron chi connectivity index (χ1n) is 5.62. The van der Waals surface area contributed by atoms with Gasteiger partial charge in [-0.05, 0) is 37.8 Å². The van der Waals surface area contributed by atoms with E-state index in [1.165, 1.54) is 6.07 Å². The van der Waals surface area contributed by atoms with Crippen molar-refractivity contribution in [2.24, 2.45) is 5.92 Å². The van der Waals surface area contributed by atoms with Crippen LogP contribution in [0.3, 0.4) is 0 Å². The van der Waals surface area contributed by atoms with Crippen LogP contribution in [0.4, 0.5) is 0 Å². The van der Waals surface area contributed by atoms with E-state index in [1.807, 2.05) is 6.92 Å². The molecule has 1 unspecified atom stereocenters. The van der Waals surface area contributed by atoms with Crippen LogP contribution in [0.1, 0.15) is 28.8 Å². The first-order valence-corrected chi connectivity index (χ1v) is 5.62. The van der Waals surface area contributed by atoms with Crippen molar-refractivity contribution < 1.29 is 9.90 Å². The Morgan fingerprint density at radius 3 is 2.88 bits per heavy atom. The highest BCUT2D eigenvalue weighted by atomic mass is 16.3. The summed E-state index contributed by atoms with van der Waals surface area (Å²) in [5.41, 5.74) is 1.12. The number of hydrogen-bond donors (Lipinski definition) is 2. The molecular weight excluding hydrogens is 216 g/mol. The zero-order valence-electron chi connectivity index (χ0n) is 9.60. The Morgan fingerprint density at radius 1 is 1.59 bits per heavy atom. The Morgan fingerprint density at radius 2 is 2.29 bits per heavy atom. The molecule has 1 aliphatic rings. The predicted octanol–water partition coefficient (Wildman–Crippen LogP) is 1.73. The molecule has 1 aromatic rings. The number of carbonyl (C=O) groups excluding carboxylic acids is 1. The highest BCUT2D eigenvalue weighted by Gasteiger charge is 2.32. The molecule has 0 aromatic heterocycles. The van der Waals surface area contributed by atoms with Gasteiger partial charge in [-0.1, -0.05) is 11.6 Å². The molecule has 1 saturated carbocycles. The van der Waals surface area contributed by atoms with Gasteiger partial charge in [0, 0.05) is 0 Å². The fourth-order valence-corrected chi connectivity index (χ4v) is 1.74. The number of phenolic OH excluding ortho intramolecular Hbond substituents is 1. The number of phenols is 1. The van der Waals surface area contributed by atoms with Gasteiger partial charge in [0.2, 0.25) is 0 Å². The highest BCUT2D eigenvalue weighted by molar-refractivity contribution is 5.97. The van der Waals surface area contributed by atoms with Crippen LogP contribution in [0, 0.1) is 24.2 Å². The molecule has 0 radical (unpaired) electrons. The van der Waals surface area contributed by atoms with Crippen molar-refractivity contribution in [2.45, 2.75) is 25.8 Å². The summed E-state index contributed by atoms with van der Waals surface area (Å²) >= 11 is 0. The first kappa shape index (κ1) is 11.5. The van der Waals surface area contributed by atoms with Gasteiger partial charge in [-0.3, -0.25) is 4.79 Å². The second kappa shape index (κ2) is 4.46. The minimum absolute atomic E-state index is 0.0550. The molecule has 0 saturated heterocycles. The minimum atomic E-state index is -0.442. The number of rotatable bonds is 3. The lowest BCUT2D eigenvalue weighted by Gasteiger charge is -2.11. The van der Waals surface area contributed by atoms with Crippen molar-refractivity contribution in [3.05, 3.63) is 29.3 Å². The summed E-state index contributed by atoms with van der Waals surface area (Å²) in [6.45, 7) is 1.85. The molecular formula is C13H14N2O2. The Hall–Kier alpha value is -2.02. The molecule has 1 fully saturated rings. The summed E-state index contributed by atoms with van der Waals surface area (Å²) in [6, 6.07) is 6.48. The maximum Gasteiger partial charge on any atom is 0.256 e. The summed E-state index contributed by atoms with van der Waals surface area (Å²) < 4.78 is 0. The van der Waals surface area contributed by atoms with Gasteiger partial charge < -0.3 is 10.4 Å². The maximum absolute atomic E-state index is 11.9. The Labute approximate surface area is 99.9 Å². The van der Waals surface area contributed by atoms with E-state index in [2.05, 4.69) is 11.4 Å². The molecule has 1 aromatic carbocycles. The second-order valence-corrected chi connectivity index (χ2v) is 4.44. The number of aryl methyl sites for hydroxylation is 1. The lowest BCUT2D eigenvalue weighted by atomic mass is 10.1. The maximum atomic E-state index is 11.9. The number of benzene rings is 1. The quantitative estimate of drug-likeness (QED) is 0.830. The van der Waals surface area contributed by atoms with Crippen molar-refractivity contribution in [1.29, 1.82) is 5.26 Å². The van der Waals surface area contributed by atoms with Crippen molar-refractivity contribution in [2.75, 3.05) is 0 Å². The number of nitrogens with one attached hydrogen (secondary N) is 1. The van der Waals surface area contributed by atoms with Gasteiger partial charge in [-0.15, -0.1) is 0 Å². The third-order valence-electron chi connectivity index (χ3n) is 2.92. The summed E-state index contributed by atoms with van der Waals surface area (Å²) in [5, 5.41) is 21.2. The molecule has 0 bridgehead atoms. The van der Waals surface area contributed by atoms with Crippen LogP contribution in [0.5, 0.6) is 5.75 Å². The molecule has 4 nitrogen and oxygen atoms in total. The average molecular weight is 230 g/mol. The van der Waals surface area contributed by atoms with Crippen LogP contribution in [0.2, 0.25) is 0 Å². The van der Waals surface area contributed by atoms with Gasteiger partial charge in [0.25, 0.3) is 5.91 Å². The number of hydrogen-bond acceptors (Lipinski definition) is 3. The van der Waals surface area contributed by atoms with E-state index in [1.54, 1.807) is 12.1 Å². The second-order valence-electron chi connectivity index (χ2n) is 4.44. The van der Waals surface area contributed by atoms with Crippen LogP contribution in [-0.4, -0.2) is 17.1 Å². The smallest absolute Gasteiger partial charge is 0.256 e. The van der Waals surface area contributed by atoms with Gasteiger partial charge in [-0.25, -0.2) is 0 Å². The highest BCUT2D eigenvalue weighted by Crippen LogP contribution is 2.32. The lowest BCUT2D eigenvalue weighted by Crippen LogP contribution is -2.35. The fraction of sp³-hybridized carbons (Fsp3) is 0.385. The topological polar surface area (TPSA) is 73.1 Å². The van der Waals surface area contributed by atoms with Gasteiger partial charge in [0.1, 0.15) is 11.8 Å². The molecule has 17 heavy (non-hydrogen) atoms. The largest absolute Gasteiger partial charge is 0.507 e. The number of amides is 1. The molecule has 88 valence electrons. The monoisotopic (exact) mass is 230 g/mol. The molecule has 0 spiro atoms. The Bertz CT molecular complexity index is 487. The van der Waals surface area contributed by atoms with Crippen LogP contribution < -0.4 is 5.32 Å². The average Bonchev–Trinajstić information content (AvgIpc) is 3.13. The molecule has 1 atom stereocenters. The van der Waals surface area contributed by atoms with Crippen molar-refractivity contribution >= 4 is 5.91 Å². The van der Waals surface area contributed by atoms with E-state index >= 15 is 0 Å². The van der Waals surface area contributed by atoms with E-state index < -0.39 is 6.04 Å². The third-order valence-corrected chi connectivity index (χ3v) is 2.92. The summed E-state index contributed by atoms with van der Waals surface area (Å²) in [7, 11) is 0. The number of aromatic hydroxyl groups is 1. The van der Waals surface area contributed by atoms with Gasteiger partial charge in [-0.2, -0.15) is 5.26 Å². The van der Waals surface area contributed by atoms with Crippen LogP contribution in [0.15, 0.2) is 18.2 Å². The number of nitriles is 1. The van der Waals surface area contributed by atoms with E-state index in [0.29, 0.717) is 0 Å². The van der Waals surface area contributed by atoms with Gasteiger partial charge in [0.15, 0.2) is 0 Å². The summed E-state index contributed by atoms with van der Waals surface area (Å²) in [4.78, 5) is 11.9. The molecule has 2 rings (SSSR count). The Kier molecular flexibility index (Phi) is 3.01. The van der Waals surface area contributed by atoms with Crippen LogP contribution in [-0.2, 0) is 0 Å². The normalized spacial score (nSPS) is 16.0. The van der Waals surface area contributed by atoms with Crippen LogP contribution in [0.25, 0.3) is 0 Å². The van der Waals surface area contributed by atoms with E-state index in [4.69, 9.17) is 5.26 Å². The zero-order chi connectivity index (χ0) is 12.4. The number of carbonyl (C=O) groups is 1. The van der Waals surface area contributed by atoms with Crippen molar-refractivity contribution in [1.82, 2.24) is 5.32 Å². The SMILES string of the molecule is Cc1ccc(O)c(C(=O)NC(C#N)C2CC2)c1. The molecule has 0 heterocycles. The minimum Gasteiger partial charge on any atom is -0.507 e. The van der Waals surface area contributed by atoms with Gasteiger partial charge in [0.05, 0.1) is 11.6 Å². The predicted molar refractivity (Wildman–Crippen MR) is 62.4 cm³/mol. The lowest BCUT2D eigenvalue weighted by molar-refractivity contribution is 0.0939. The van der Waals surface area contributed by atoms with E-state index in [9.17, 15) is 9.90 Å². The zero-order valence-corrected chi connectivity index (χ0v) is 9.60. The van der Waals surface area contributed by atoms with Gasteiger partial charge >= 0.3 is 0 Å². The van der Waals surface area contributed by atoms with E-state index in [-0.39, 0.29) is 23.1 Å². The van der Waals surface area contributed by atoms with Crippen LogP contribution >= 0.6 is 0 Å². The fourth-order valence-electron chi connectivity index (χ4n) is 1.74. The Balaban J connectivity index is 2.13. The molecule has 1 amide bonds. The molecule has 2 N–H and O–H groups in total. The summed E-state index contributed by atoms with van der Waals surface area (Å²) in [6.07, 6.45) is 1.97. The first-order chi connectivity index (χ1) is 8.11. The standard InChI is InChI=1S/C13H14N2O2/c1-8-2-5-12(16)10(6-8)13(17)15-11(7-14)9-3-4-9/h2,5-6,9,11,16H,3-4H2,1H3,(H,15,17). The van der Waals surface area contributed by atoms with Crippen molar-refractivity contribution in [3.63, 3.8) is 0 Å². The number of nitrogens with zero attached hydrogens (tertiary/aromatic N) is 1. The molecule has 0 aliphatic heterocycles. The van der Waals surface area contributed by atoms with E-state index in [0.717, 1.165) is 18.4 Å². The summed E-state index contributed by atoms with van der Waals surface area (Å²) in [5.74, 6) is -0.166.